The quantitative estimate of drug-likeness (QED) is 0.0261. The van der Waals surface area contributed by atoms with Crippen LogP contribution in [0.2, 0.25) is 0 Å². The molecule has 0 saturated carbocycles. The summed E-state index contributed by atoms with van der Waals surface area (Å²) in [5, 5.41) is 0. The van der Waals surface area contributed by atoms with Gasteiger partial charge in [-0.2, -0.15) is 0 Å². The van der Waals surface area contributed by atoms with Gasteiger partial charge >= 0.3 is 17.9 Å². The zero-order chi connectivity index (χ0) is 59.2. The highest BCUT2D eigenvalue weighted by Gasteiger charge is 2.19. The Balaban J connectivity index is 4.33. The van der Waals surface area contributed by atoms with Gasteiger partial charge in [0, 0.05) is 19.3 Å². The van der Waals surface area contributed by atoms with Crippen molar-refractivity contribution in [3.05, 3.63) is 109 Å². The lowest BCUT2D eigenvalue weighted by molar-refractivity contribution is -0.167. The van der Waals surface area contributed by atoms with E-state index in [1.54, 1.807) is 0 Å². The van der Waals surface area contributed by atoms with Gasteiger partial charge in [0.05, 0.1) is 0 Å². The molecule has 1 atom stereocenters. The van der Waals surface area contributed by atoms with Crippen LogP contribution in [-0.2, 0) is 28.6 Å². The predicted molar refractivity (Wildman–Crippen MR) is 357 cm³/mol. The summed E-state index contributed by atoms with van der Waals surface area (Å²) >= 11 is 0. The predicted octanol–water partition coefficient (Wildman–Crippen LogP) is 24.2. The van der Waals surface area contributed by atoms with Crippen molar-refractivity contribution < 1.29 is 28.6 Å². The lowest BCUT2D eigenvalue weighted by Crippen LogP contribution is -2.30. The molecule has 0 aliphatic heterocycles. The van der Waals surface area contributed by atoms with Crippen molar-refractivity contribution in [1.82, 2.24) is 0 Å². The van der Waals surface area contributed by atoms with Crippen molar-refractivity contribution >= 4 is 17.9 Å². The fourth-order valence-corrected chi connectivity index (χ4v) is 9.88. The molecule has 0 aliphatic rings. The first-order valence-corrected chi connectivity index (χ1v) is 34.9. The standard InChI is InChI=1S/C76H130O6/c1-4-7-10-13-16-19-22-25-28-30-32-34-35-36-37-38-39-40-42-43-45-48-51-54-57-60-63-66-69-75(78)81-72-73(71-80-74(77)68-65-62-59-56-53-50-47-27-24-21-18-15-12-9-6-3)82-76(79)70-67-64-61-58-55-52-49-46-44-41-33-31-29-26-23-20-17-14-11-8-5-2/h8-9,11-12,17-18,20-21,26-27,29,33,41,46-47,49,53,56,73H,4-7,10,13-16,19,22-25,28,30-32,34-40,42-45,48,50-52,54-55,57-72H2,1-3H3/b11-8-,12-9-,20-17-,21-18-,29-26-,41-33-,47-27-,49-46-,56-53-. The molecule has 0 aromatic heterocycles. The normalized spacial score (nSPS) is 12.8. The third kappa shape index (κ3) is 66.9. The molecule has 0 aromatic carbocycles. The highest BCUT2D eigenvalue weighted by atomic mass is 16.6. The molecule has 0 radical (unpaired) electrons. The Kier molecular flexibility index (Phi) is 66.2. The third-order valence-electron chi connectivity index (χ3n) is 15.0. The number of allylic oxidation sites excluding steroid dienone is 18. The van der Waals surface area contributed by atoms with Gasteiger partial charge in [0.15, 0.2) is 6.10 Å². The zero-order valence-electron chi connectivity index (χ0n) is 54.0. The average molecular weight is 1140 g/mol. The molecule has 470 valence electrons. The number of hydrogen-bond acceptors (Lipinski definition) is 6. The second-order valence-electron chi connectivity index (χ2n) is 23.0. The molecule has 0 heterocycles. The van der Waals surface area contributed by atoms with E-state index in [4.69, 9.17) is 14.2 Å². The minimum absolute atomic E-state index is 0.0982. The van der Waals surface area contributed by atoms with Gasteiger partial charge in [-0.25, -0.2) is 0 Å². The van der Waals surface area contributed by atoms with Crippen molar-refractivity contribution in [2.45, 2.75) is 341 Å². The van der Waals surface area contributed by atoms with Crippen LogP contribution in [0, 0.1) is 0 Å². The van der Waals surface area contributed by atoms with Gasteiger partial charge in [-0.05, 0) is 103 Å². The topological polar surface area (TPSA) is 78.9 Å². The van der Waals surface area contributed by atoms with E-state index in [9.17, 15) is 14.4 Å². The van der Waals surface area contributed by atoms with Gasteiger partial charge in [-0.15, -0.1) is 0 Å². The van der Waals surface area contributed by atoms with Crippen molar-refractivity contribution in [3.63, 3.8) is 0 Å². The van der Waals surface area contributed by atoms with Crippen LogP contribution in [0.3, 0.4) is 0 Å². The Morgan fingerprint density at radius 1 is 0.256 bits per heavy atom. The van der Waals surface area contributed by atoms with Gasteiger partial charge in [-0.3, -0.25) is 14.4 Å². The van der Waals surface area contributed by atoms with Crippen LogP contribution < -0.4 is 0 Å². The average Bonchev–Trinajstić information content (AvgIpc) is 3.47. The van der Waals surface area contributed by atoms with E-state index in [1.165, 1.54) is 161 Å². The maximum atomic E-state index is 12.9. The number of carbonyl (C=O) groups excluding carboxylic acids is 3. The largest absolute Gasteiger partial charge is 0.462 e. The SMILES string of the molecule is CC/C=C\C/C=C\C/C=C\C/C=C\C/C=C\CCCCCCCC(=O)OC(COC(=O)CCCC/C=C\C/C=C\C/C=C\C/C=C\CC)COC(=O)CCCCCCCCCCCCCCCCCCCCCCCCCCCCCC. The number of unbranched alkanes of at least 4 members (excludes halogenated alkanes) is 34. The van der Waals surface area contributed by atoms with Crippen LogP contribution in [0.1, 0.15) is 335 Å². The number of rotatable bonds is 63. The van der Waals surface area contributed by atoms with Gasteiger partial charge in [-0.1, -0.05) is 323 Å². The monoisotopic (exact) mass is 1140 g/mol. The lowest BCUT2D eigenvalue weighted by Gasteiger charge is -2.18. The highest BCUT2D eigenvalue weighted by Crippen LogP contribution is 2.18. The molecule has 6 heteroatoms. The molecule has 0 aromatic rings. The second-order valence-corrected chi connectivity index (χ2v) is 23.0. The Morgan fingerprint density at radius 3 is 0.768 bits per heavy atom. The van der Waals surface area contributed by atoms with E-state index in [0.717, 1.165) is 135 Å². The van der Waals surface area contributed by atoms with E-state index < -0.39 is 6.10 Å². The number of esters is 3. The molecule has 0 spiro atoms. The first-order chi connectivity index (χ1) is 40.5. The molecule has 6 nitrogen and oxygen atoms in total. The van der Waals surface area contributed by atoms with E-state index in [-0.39, 0.29) is 31.1 Å². The molecule has 0 N–H and O–H groups in total. The summed E-state index contributed by atoms with van der Waals surface area (Å²) in [6.45, 7) is 6.40. The summed E-state index contributed by atoms with van der Waals surface area (Å²) in [6, 6.07) is 0. The Morgan fingerprint density at radius 2 is 0.476 bits per heavy atom. The summed E-state index contributed by atoms with van der Waals surface area (Å²) in [4.78, 5) is 38.4. The van der Waals surface area contributed by atoms with E-state index in [1.807, 2.05) is 0 Å². The molecule has 0 amide bonds. The summed E-state index contributed by atoms with van der Waals surface area (Å²) in [5.41, 5.74) is 0. The van der Waals surface area contributed by atoms with Crippen molar-refractivity contribution in [2.24, 2.45) is 0 Å². The molecule has 0 saturated heterocycles. The molecule has 1 unspecified atom stereocenters. The maximum Gasteiger partial charge on any atom is 0.306 e. The molecular weight excluding hydrogens is 1010 g/mol. The first-order valence-electron chi connectivity index (χ1n) is 34.9. The molecule has 0 fully saturated rings. The molecule has 0 bridgehead atoms. The van der Waals surface area contributed by atoms with Crippen molar-refractivity contribution in [3.8, 4) is 0 Å². The summed E-state index contributed by atoms with van der Waals surface area (Å²) in [5.74, 6) is -0.949. The summed E-state index contributed by atoms with van der Waals surface area (Å²) in [6.07, 6.45) is 95.6. The highest BCUT2D eigenvalue weighted by molar-refractivity contribution is 5.71. The zero-order valence-corrected chi connectivity index (χ0v) is 54.0. The second kappa shape index (κ2) is 69.6. The molecule has 0 rings (SSSR count). The van der Waals surface area contributed by atoms with Crippen molar-refractivity contribution in [1.29, 1.82) is 0 Å². The minimum atomic E-state index is -0.808. The maximum absolute atomic E-state index is 12.9. The number of hydrogen-bond donors (Lipinski definition) is 0. The van der Waals surface area contributed by atoms with Crippen LogP contribution in [0.25, 0.3) is 0 Å². The van der Waals surface area contributed by atoms with Crippen LogP contribution in [-0.4, -0.2) is 37.2 Å². The Labute approximate surface area is 508 Å². The summed E-state index contributed by atoms with van der Waals surface area (Å²) in [7, 11) is 0. The van der Waals surface area contributed by atoms with E-state index in [0.29, 0.717) is 19.3 Å². The molecular formula is C76H130O6. The van der Waals surface area contributed by atoms with Crippen LogP contribution in [0.5, 0.6) is 0 Å². The summed E-state index contributed by atoms with van der Waals surface area (Å²) < 4.78 is 16.9. The fraction of sp³-hybridized carbons (Fsp3) is 0.724. The van der Waals surface area contributed by atoms with Crippen LogP contribution >= 0.6 is 0 Å². The Bertz CT molecular complexity index is 1640. The number of ether oxygens (including phenoxy) is 3. The van der Waals surface area contributed by atoms with Crippen molar-refractivity contribution in [2.75, 3.05) is 13.2 Å². The molecule has 82 heavy (non-hydrogen) atoms. The number of carbonyl (C=O) groups is 3. The lowest BCUT2D eigenvalue weighted by atomic mass is 10.0. The Hall–Kier alpha value is -3.93. The van der Waals surface area contributed by atoms with Crippen LogP contribution in [0.4, 0.5) is 0 Å². The minimum Gasteiger partial charge on any atom is -0.462 e. The van der Waals surface area contributed by atoms with Gasteiger partial charge in [0.2, 0.25) is 0 Å². The van der Waals surface area contributed by atoms with Crippen LogP contribution in [0.15, 0.2) is 109 Å². The van der Waals surface area contributed by atoms with Gasteiger partial charge in [0.25, 0.3) is 0 Å². The third-order valence-corrected chi connectivity index (χ3v) is 15.0. The fourth-order valence-electron chi connectivity index (χ4n) is 9.88. The van der Waals surface area contributed by atoms with Gasteiger partial charge in [0.1, 0.15) is 13.2 Å². The first kappa shape index (κ1) is 78.1. The van der Waals surface area contributed by atoms with E-state index >= 15 is 0 Å². The molecule has 0 aliphatic carbocycles. The van der Waals surface area contributed by atoms with E-state index in [2.05, 4.69) is 130 Å². The smallest absolute Gasteiger partial charge is 0.306 e. The van der Waals surface area contributed by atoms with Gasteiger partial charge < -0.3 is 14.2 Å².